The summed E-state index contributed by atoms with van der Waals surface area (Å²) in [6.45, 7) is -2.23. The number of carbonyl (C=O) groups is 2. The van der Waals surface area contributed by atoms with Crippen molar-refractivity contribution in [1.82, 2.24) is 10.2 Å². The smallest absolute Gasteiger partial charge is 0.404 e. The molecule has 2 heterocycles. The van der Waals surface area contributed by atoms with Crippen LogP contribution in [0.2, 0.25) is 0 Å². The first kappa shape index (κ1) is 22.4. The molecule has 0 saturated carbocycles. The van der Waals surface area contributed by atoms with Gasteiger partial charge in [-0.2, -0.15) is 38.1 Å². The summed E-state index contributed by atoms with van der Waals surface area (Å²) in [6.07, 6.45) is -9.39. The van der Waals surface area contributed by atoms with Crippen LogP contribution < -0.4 is 5.32 Å². The number of likely N-dealkylation sites (tertiary alicyclic amines) is 1. The van der Waals surface area contributed by atoms with E-state index in [2.05, 4.69) is 5.32 Å². The number of hydrogen-bond donors (Lipinski definition) is 1. The Labute approximate surface area is 160 Å². The first-order valence-corrected chi connectivity index (χ1v) is 9.58. The van der Waals surface area contributed by atoms with Crippen LogP contribution in [0.5, 0.6) is 0 Å². The molecule has 1 aromatic rings. The number of hydrogen-bond acceptors (Lipinski definition) is 4. The van der Waals surface area contributed by atoms with E-state index in [4.69, 9.17) is 4.42 Å². The van der Waals surface area contributed by atoms with Gasteiger partial charge in [-0.15, -0.1) is 0 Å². The Morgan fingerprint density at radius 3 is 2.39 bits per heavy atom. The van der Waals surface area contributed by atoms with Crippen LogP contribution in [-0.2, 0) is 4.79 Å². The Morgan fingerprint density at radius 1 is 1.29 bits per heavy atom. The minimum atomic E-state index is -5.55. The predicted octanol–water partition coefficient (Wildman–Crippen LogP) is 3.47. The molecule has 12 heteroatoms. The van der Waals surface area contributed by atoms with Crippen molar-refractivity contribution in [3.63, 3.8) is 0 Å². The van der Waals surface area contributed by atoms with E-state index in [-0.39, 0.29) is 12.2 Å². The first-order valence-electron chi connectivity index (χ1n) is 8.18. The summed E-state index contributed by atoms with van der Waals surface area (Å²) < 4.78 is 84.1. The van der Waals surface area contributed by atoms with Gasteiger partial charge in [-0.3, -0.25) is 9.59 Å². The second kappa shape index (κ2) is 8.26. The Balaban J connectivity index is 2.19. The summed E-state index contributed by atoms with van der Waals surface area (Å²) in [7, 11) is 0. The highest BCUT2D eigenvalue weighted by molar-refractivity contribution is 7.98. The molecule has 1 unspecified atom stereocenters. The van der Waals surface area contributed by atoms with E-state index in [9.17, 15) is 35.9 Å². The molecule has 1 aliphatic rings. The van der Waals surface area contributed by atoms with Crippen LogP contribution in [0.25, 0.3) is 0 Å². The SMILES string of the molecule is CSCCC(NC(=O)c1ccco1)C(=O)N1CCC(C(F)(F)F)(C(F)(F)F)C1. The minimum absolute atomic E-state index is 0.0496. The number of rotatable bonds is 6. The Kier molecular flexibility index (Phi) is 6.62. The molecule has 0 aliphatic carbocycles. The van der Waals surface area contributed by atoms with Gasteiger partial charge in [-0.05, 0) is 37.0 Å². The molecular weight excluding hydrogens is 414 g/mol. The standard InChI is InChI=1S/C16H18F6N2O3S/c1-28-8-4-10(23-12(25)11-3-2-7-27-11)13(26)24-6-5-14(9-24,15(17,18)19)16(20,21)22/h2-3,7,10H,4-6,8-9H2,1H3,(H,23,25). The van der Waals surface area contributed by atoms with E-state index < -0.39 is 55.1 Å². The van der Waals surface area contributed by atoms with Crippen LogP contribution in [0, 0.1) is 5.41 Å². The van der Waals surface area contributed by atoms with Crippen molar-refractivity contribution in [2.24, 2.45) is 5.41 Å². The molecule has 0 aromatic carbocycles. The van der Waals surface area contributed by atoms with Gasteiger partial charge in [0.1, 0.15) is 6.04 Å². The summed E-state index contributed by atoms with van der Waals surface area (Å²) in [5.41, 5.74) is -3.97. The molecule has 0 spiro atoms. The number of nitrogens with one attached hydrogen (secondary N) is 1. The van der Waals surface area contributed by atoms with Crippen molar-refractivity contribution in [3.8, 4) is 0 Å². The Morgan fingerprint density at radius 2 is 1.93 bits per heavy atom. The number of amides is 2. The third-order valence-corrected chi connectivity index (χ3v) is 5.27. The highest BCUT2D eigenvalue weighted by Crippen LogP contribution is 2.55. The van der Waals surface area contributed by atoms with Crippen LogP contribution in [-0.4, -0.2) is 60.2 Å². The molecule has 158 valence electrons. The normalized spacial score (nSPS) is 18.2. The molecule has 0 radical (unpaired) electrons. The third-order valence-electron chi connectivity index (χ3n) is 4.63. The first-order chi connectivity index (χ1) is 12.9. The van der Waals surface area contributed by atoms with Gasteiger partial charge in [-0.25, -0.2) is 0 Å². The topological polar surface area (TPSA) is 62.6 Å². The van der Waals surface area contributed by atoms with Gasteiger partial charge in [0.05, 0.1) is 6.26 Å². The van der Waals surface area contributed by atoms with Gasteiger partial charge in [0.25, 0.3) is 5.91 Å². The zero-order chi connectivity index (χ0) is 21.2. The molecule has 1 aliphatic heterocycles. The molecule has 1 atom stereocenters. The van der Waals surface area contributed by atoms with Gasteiger partial charge in [0, 0.05) is 13.1 Å². The van der Waals surface area contributed by atoms with Crippen LogP contribution in [0.4, 0.5) is 26.3 Å². The highest BCUT2D eigenvalue weighted by atomic mass is 32.2. The number of thioether (sulfide) groups is 1. The average Bonchev–Trinajstić information content (AvgIpc) is 3.26. The minimum Gasteiger partial charge on any atom is -0.459 e. The molecule has 2 rings (SSSR count). The van der Waals surface area contributed by atoms with E-state index in [1.807, 2.05) is 0 Å². The molecule has 28 heavy (non-hydrogen) atoms. The number of furan rings is 1. The van der Waals surface area contributed by atoms with Gasteiger partial charge >= 0.3 is 12.4 Å². The molecule has 1 aromatic heterocycles. The lowest BCUT2D eigenvalue weighted by Gasteiger charge is -2.34. The van der Waals surface area contributed by atoms with Crippen molar-refractivity contribution in [3.05, 3.63) is 24.2 Å². The summed E-state index contributed by atoms with van der Waals surface area (Å²) in [6, 6.07) is 1.48. The zero-order valence-corrected chi connectivity index (χ0v) is 15.5. The van der Waals surface area contributed by atoms with E-state index >= 15 is 0 Å². The Bertz CT molecular complexity index is 676. The van der Waals surface area contributed by atoms with Crippen molar-refractivity contribution < 1.29 is 40.3 Å². The second-order valence-electron chi connectivity index (χ2n) is 6.37. The fourth-order valence-corrected chi connectivity index (χ4v) is 3.44. The van der Waals surface area contributed by atoms with Gasteiger partial charge in [0.2, 0.25) is 5.91 Å². The molecule has 0 bridgehead atoms. The Hall–Kier alpha value is -1.85. The van der Waals surface area contributed by atoms with E-state index in [1.54, 1.807) is 6.26 Å². The quantitative estimate of drug-likeness (QED) is 0.700. The summed E-state index contributed by atoms with van der Waals surface area (Å²) in [4.78, 5) is 25.3. The van der Waals surface area contributed by atoms with Gasteiger partial charge < -0.3 is 14.6 Å². The predicted molar refractivity (Wildman–Crippen MR) is 88.7 cm³/mol. The van der Waals surface area contributed by atoms with E-state index in [1.165, 1.54) is 30.2 Å². The van der Waals surface area contributed by atoms with Crippen molar-refractivity contribution >= 4 is 23.6 Å². The van der Waals surface area contributed by atoms with E-state index in [0.717, 1.165) is 0 Å². The van der Waals surface area contributed by atoms with Gasteiger partial charge in [0.15, 0.2) is 11.2 Å². The maximum absolute atomic E-state index is 13.2. The summed E-state index contributed by atoms with van der Waals surface area (Å²) >= 11 is 1.32. The van der Waals surface area contributed by atoms with Gasteiger partial charge in [-0.1, -0.05) is 0 Å². The molecule has 1 saturated heterocycles. The fraction of sp³-hybridized carbons (Fsp3) is 0.625. The summed E-state index contributed by atoms with van der Waals surface area (Å²) in [5, 5.41) is 2.34. The number of alkyl halides is 6. The lowest BCUT2D eigenvalue weighted by atomic mass is 9.85. The lowest BCUT2D eigenvalue weighted by Crippen LogP contribution is -2.54. The van der Waals surface area contributed by atoms with Crippen molar-refractivity contribution in [2.45, 2.75) is 31.2 Å². The second-order valence-corrected chi connectivity index (χ2v) is 7.36. The molecule has 2 amide bonds. The lowest BCUT2D eigenvalue weighted by molar-refractivity contribution is -0.334. The monoisotopic (exact) mass is 432 g/mol. The fourth-order valence-electron chi connectivity index (χ4n) is 2.97. The molecule has 5 nitrogen and oxygen atoms in total. The number of nitrogens with zero attached hydrogens (tertiary/aromatic N) is 1. The average molecular weight is 432 g/mol. The van der Waals surface area contributed by atoms with Crippen LogP contribution >= 0.6 is 11.8 Å². The van der Waals surface area contributed by atoms with Crippen LogP contribution in [0.15, 0.2) is 22.8 Å². The van der Waals surface area contributed by atoms with Crippen LogP contribution in [0.3, 0.4) is 0 Å². The maximum Gasteiger partial charge on any atom is 0.404 e. The molecular formula is C16H18F6N2O3S. The van der Waals surface area contributed by atoms with Crippen LogP contribution in [0.1, 0.15) is 23.4 Å². The number of carbonyl (C=O) groups excluding carboxylic acids is 2. The molecule has 1 fully saturated rings. The zero-order valence-electron chi connectivity index (χ0n) is 14.7. The maximum atomic E-state index is 13.2. The third kappa shape index (κ3) is 4.41. The highest BCUT2D eigenvalue weighted by Gasteiger charge is 2.73. The molecule has 1 N–H and O–H groups in total. The number of halogens is 6. The largest absolute Gasteiger partial charge is 0.459 e. The van der Waals surface area contributed by atoms with Crippen molar-refractivity contribution in [1.29, 1.82) is 0 Å². The van der Waals surface area contributed by atoms with E-state index in [0.29, 0.717) is 10.7 Å². The summed E-state index contributed by atoms with van der Waals surface area (Å²) in [5.74, 6) is -1.51. The van der Waals surface area contributed by atoms with Crippen molar-refractivity contribution in [2.75, 3.05) is 25.1 Å².